The molecule has 116 valence electrons. The van der Waals surface area contributed by atoms with Crippen molar-refractivity contribution in [2.75, 3.05) is 18.0 Å². The van der Waals surface area contributed by atoms with Crippen LogP contribution in [0.1, 0.15) is 39.2 Å². The molecule has 0 amide bonds. The van der Waals surface area contributed by atoms with Crippen LogP contribution in [0.25, 0.3) is 0 Å². The van der Waals surface area contributed by atoms with Gasteiger partial charge in [0.05, 0.1) is 11.7 Å². The van der Waals surface area contributed by atoms with Gasteiger partial charge in [0, 0.05) is 36.4 Å². The molecule has 1 atom stereocenters. The minimum atomic E-state index is -0.115. The number of halogens is 1. The zero-order valence-corrected chi connectivity index (χ0v) is 13.9. The maximum Gasteiger partial charge on any atom is 0.0805 e. The lowest BCUT2D eigenvalue weighted by atomic mass is 10.0. The molecule has 2 fully saturated rings. The average Bonchev–Trinajstić information content (AvgIpc) is 3.19. The van der Waals surface area contributed by atoms with Gasteiger partial charge in [-0.3, -0.25) is 0 Å². The first-order chi connectivity index (χ1) is 9.93. The summed E-state index contributed by atoms with van der Waals surface area (Å²) in [6, 6.07) is 7.14. The standard InChI is InChI=1S/C17H25ClN2O/c1-12-10-20(11-17(2,3)21-12)15-7-4-13(16(18)8-15)9-19-14-5-6-14/h4,7-8,12,14,19H,5-6,9-11H2,1-3H3. The molecule has 3 nitrogen and oxygen atoms in total. The Morgan fingerprint density at radius 3 is 2.76 bits per heavy atom. The fraction of sp³-hybridized carbons (Fsp3) is 0.647. The van der Waals surface area contributed by atoms with Gasteiger partial charge in [0.25, 0.3) is 0 Å². The summed E-state index contributed by atoms with van der Waals surface area (Å²) < 4.78 is 5.97. The van der Waals surface area contributed by atoms with Crippen LogP contribution in [0.4, 0.5) is 5.69 Å². The molecule has 0 radical (unpaired) electrons. The third-order valence-electron chi connectivity index (χ3n) is 4.13. The molecule has 1 N–H and O–H groups in total. The molecule has 2 aliphatic rings. The maximum absolute atomic E-state index is 6.46. The van der Waals surface area contributed by atoms with Crippen molar-refractivity contribution in [1.29, 1.82) is 0 Å². The van der Waals surface area contributed by atoms with Crippen molar-refractivity contribution in [2.24, 2.45) is 0 Å². The Bertz CT molecular complexity index is 514. The van der Waals surface area contributed by atoms with Gasteiger partial charge >= 0.3 is 0 Å². The zero-order valence-electron chi connectivity index (χ0n) is 13.2. The molecule has 1 heterocycles. The molecule has 21 heavy (non-hydrogen) atoms. The van der Waals surface area contributed by atoms with Crippen molar-refractivity contribution in [3.8, 4) is 0 Å². The summed E-state index contributed by atoms with van der Waals surface area (Å²) in [7, 11) is 0. The van der Waals surface area contributed by atoms with E-state index in [-0.39, 0.29) is 11.7 Å². The van der Waals surface area contributed by atoms with Crippen LogP contribution in [0.3, 0.4) is 0 Å². The van der Waals surface area contributed by atoms with E-state index >= 15 is 0 Å². The summed E-state index contributed by atoms with van der Waals surface area (Å²) in [5.74, 6) is 0. The quantitative estimate of drug-likeness (QED) is 0.920. The number of morpholine rings is 1. The van der Waals surface area contributed by atoms with E-state index in [0.29, 0.717) is 6.04 Å². The Labute approximate surface area is 132 Å². The molecule has 3 rings (SSSR count). The largest absolute Gasteiger partial charge is 0.369 e. The molecule has 1 aromatic rings. The van der Waals surface area contributed by atoms with E-state index in [2.05, 4.69) is 49.2 Å². The lowest BCUT2D eigenvalue weighted by Gasteiger charge is -2.43. The van der Waals surface area contributed by atoms with E-state index in [4.69, 9.17) is 16.3 Å². The van der Waals surface area contributed by atoms with Crippen molar-refractivity contribution in [2.45, 2.75) is 57.9 Å². The summed E-state index contributed by atoms with van der Waals surface area (Å²) in [6.45, 7) is 9.10. The van der Waals surface area contributed by atoms with E-state index in [1.807, 2.05) is 0 Å². The van der Waals surface area contributed by atoms with Crippen LogP contribution in [-0.2, 0) is 11.3 Å². The van der Waals surface area contributed by atoms with E-state index in [1.54, 1.807) is 0 Å². The third-order valence-corrected chi connectivity index (χ3v) is 4.48. The molecular weight excluding hydrogens is 284 g/mol. The SMILES string of the molecule is CC1CN(c2ccc(CNC3CC3)c(Cl)c2)CC(C)(C)O1. The highest BCUT2D eigenvalue weighted by molar-refractivity contribution is 6.31. The molecule has 1 unspecified atom stereocenters. The smallest absolute Gasteiger partial charge is 0.0805 e. The van der Waals surface area contributed by atoms with Gasteiger partial charge in [-0.1, -0.05) is 17.7 Å². The second-order valence-corrected chi connectivity index (χ2v) is 7.41. The number of nitrogens with one attached hydrogen (secondary N) is 1. The molecule has 4 heteroatoms. The van der Waals surface area contributed by atoms with Gasteiger partial charge in [0.15, 0.2) is 0 Å². The molecule has 0 bridgehead atoms. The lowest BCUT2D eigenvalue weighted by Crippen LogP contribution is -2.52. The van der Waals surface area contributed by atoms with E-state index in [1.165, 1.54) is 24.1 Å². The first-order valence-electron chi connectivity index (χ1n) is 7.87. The van der Waals surface area contributed by atoms with Gasteiger partial charge in [-0.05, 0) is 51.3 Å². The van der Waals surface area contributed by atoms with Crippen LogP contribution in [0.2, 0.25) is 5.02 Å². The number of hydrogen-bond donors (Lipinski definition) is 1. The maximum atomic E-state index is 6.46. The fourth-order valence-corrected chi connectivity index (χ4v) is 3.31. The van der Waals surface area contributed by atoms with Crippen LogP contribution >= 0.6 is 11.6 Å². The number of benzene rings is 1. The van der Waals surface area contributed by atoms with Crippen LogP contribution in [-0.4, -0.2) is 30.8 Å². The van der Waals surface area contributed by atoms with Crippen molar-refractivity contribution in [3.63, 3.8) is 0 Å². The molecule has 1 aliphatic heterocycles. The van der Waals surface area contributed by atoms with Crippen molar-refractivity contribution in [1.82, 2.24) is 5.32 Å². The van der Waals surface area contributed by atoms with Gasteiger partial charge in [0.1, 0.15) is 0 Å². The highest BCUT2D eigenvalue weighted by Crippen LogP contribution is 2.29. The summed E-state index contributed by atoms with van der Waals surface area (Å²) in [6.07, 6.45) is 2.84. The minimum absolute atomic E-state index is 0.115. The lowest BCUT2D eigenvalue weighted by molar-refractivity contribution is -0.0749. The number of anilines is 1. The van der Waals surface area contributed by atoms with E-state index < -0.39 is 0 Å². The first-order valence-corrected chi connectivity index (χ1v) is 8.25. The Hall–Kier alpha value is -0.770. The van der Waals surface area contributed by atoms with Crippen LogP contribution in [0, 0.1) is 0 Å². The van der Waals surface area contributed by atoms with Crippen LogP contribution in [0.5, 0.6) is 0 Å². The predicted molar refractivity (Wildman–Crippen MR) is 88.2 cm³/mol. The van der Waals surface area contributed by atoms with E-state index in [0.717, 1.165) is 24.7 Å². The fourth-order valence-electron chi connectivity index (χ4n) is 3.07. The monoisotopic (exact) mass is 308 g/mol. The average molecular weight is 309 g/mol. The van der Waals surface area contributed by atoms with Crippen molar-refractivity contribution < 1.29 is 4.74 Å². The number of ether oxygens (including phenoxy) is 1. The Balaban J connectivity index is 1.71. The molecule has 1 saturated carbocycles. The summed E-state index contributed by atoms with van der Waals surface area (Å²) in [5, 5.41) is 4.37. The highest BCUT2D eigenvalue weighted by Gasteiger charge is 2.31. The predicted octanol–water partition coefficient (Wildman–Crippen LogP) is 3.60. The van der Waals surface area contributed by atoms with Gasteiger partial charge in [-0.25, -0.2) is 0 Å². The second-order valence-electron chi connectivity index (χ2n) is 7.00. The number of rotatable bonds is 4. The van der Waals surface area contributed by atoms with Crippen LogP contribution in [0.15, 0.2) is 18.2 Å². The molecule has 1 aromatic carbocycles. The van der Waals surface area contributed by atoms with Crippen molar-refractivity contribution >= 4 is 17.3 Å². The summed E-state index contributed by atoms with van der Waals surface area (Å²) in [5.41, 5.74) is 2.27. The third kappa shape index (κ3) is 3.91. The topological polar surface area (TPSA) is 24.5 Å². The number of nitrogens with zero attached hydrogens (tertiary/aromatic N) is 1. The van der Waals surface area contributed by atoms with E-state index in [9.17, 15) is 0 Å². The zero-order chi connectivity index (χ0) is 15.0. The molecule has 1 aliphatic carbocycles. The molecule has 1 saturated heterocycles. The minimum Gasteiger partial charge on any atom is -0.369 e. The van der Waals surface area contributed by atoms with Gasteiger partial charge in [-0.15, -0.1) is 0 Å². The Morgan fingerprint density at radius 2 is 2.14 bits per heavy atom. The van der Waals surface area contributed by atoms with Gasteiger partial charge in [0.2, 0.25) is 0 Å². The normalized spacial score (nSPS) is 25.1. The summed E-state index contributed by atoms with van der Waals surface area (Å²) in [4.78, 5) is 2.37. The van der Waals surface area contributed by atoms with Crippen molar-refractivity contribution in [3.05, 3.63) is 28.8 Å². The second kappa shape index (κ2) is 5.79. The molecule has 0 spiro atoms. The Kier molecular flexibility index (Phi) is 4.17. The summed E-state index contributed by atoms with van der Waals surface area (Å²) >= 11 is 6.46. The Morgan fingerprint density at radius 1 is 1.38 bits per heavy atom. The molecular formula is C17H25ClN2O. The highest BCUT2D eigenvalue weighted by atomic mass is 35.5. The van der Waals surface area contributed by atoms with Gasteiger partial charge in [-0.2, -0.15) is 0 Å². The van der Waals surface area contributed by atoms with Gasteiger partial charge < -0.3 is 15.0 Å². The van der Waals surface area contributed by atoms with Crippen LogP contribution < -0.4 is 10.2 Å². The molecule has 0 aromatic heterocycles. The first kappa shape index (κ1) is 15.1. The number of hydrogen-bond acceptors (Lipinski definition) is 3.